The van der Waals surface area contributed by atoms with Crippen LogP contribution >= 0.6 is 0 Å². The van der Waals surface area contributed by atoms with Crippen molar-refractivity contribution in [1.82, 2.24) is 0 Å². The zero-order chi connectivity index (χ0) is 23.6. The molecule has 0 aromatic heterocycles. The Morgan fingerprint density at radius 1 is 1.00 bits per heavy atom. The van der Waals surface area contributed by atoms with Gasteiger partial charge in [-0.3, -0.25) is 9.11 Å². The van der Waals surface area contributed by atoms with Crippen LogP contribution in [0.25, 0.3) is 10.8 Å². The van der Waals surface area contributed by atoms with E-state index < -0.39 is 51.3 Å². The summed E-state index contributed by atoms with van der Waals surface area (Å²) in [5, 5.41) is 0.186. The zero-order valence-electron chi connectivity index (χ0n) is 16.9. The molecule has 3 rings (SSSR count). The molecule has 0 amide bonds. The Labute approximate surface area is 180 Å². The fourth-order valence-corrected chi connectivity index (χ4v) is 5.81. The summed E-state index contributed by atoms with van der Waals surface area (Å²) in [6.45, 7) is 5.64. The molecule has 2 aromatic carbocycles. The average Bonchev–Trinajstić information content (AvgIpc) is 2.78. The molecule has 0 aliphatic carbocycles. The van der Waals surface area contributed by atoms with Gasteiger partial charge < -0.3 is 4.55 Å². The molecule has 0 saturated heterocycles. The van der Waals surface area contributed by atoms with Crippen molar-refractivity contribution in [1.29, 1.82) is 0 Å². The summed E-state index contributed by atoms with van der Waals surface area (Å²) in [4.78, 5) is -1.49. The van der Waals surface area contributed by atoms with Crippen LogP contribution in [0.1, 0.15) is 32.8 Å². The van der Waals surface area contributed by atoms with Gasteiger partial charge in [-0.15, -0.1) is 0 Å². The van der Waals surface area contributed by atoms with E-state index in [4.69, 9.17) is 4.55 Å². The van der Waals surface area contributed by atoms with Gasteiger partial charge in [-0.2, -0.15) is 21.4 Å². The van der Waals surface area contributed by atoms with E-state index in [9.17, 15) is 34.4 Å². The van der Waals surface area contributed by atoms with E-state index in [0.717, 1.165) is 11.8 Å². The molecule has 1 aliphatic rings. The van der Waals surface area contributed by atoms with Crippen molar-refractivity contribution in [2.75, 3.05) is 12.3 Å². The van der Waals surface area contributed by atoms with Crippen molar-refractivity contribution >= 4 is 52.5 Å². The number of hydrogen-bond acceptors (Lipinski definition) is 7. The first-order chi connectivity index (χ1) is 13.9. The van der Waals surface area contributed by atoms with Crippen LogP contribution in [0.3, 0.4) is 0 Å². The molecular weight excluding hydrogens is 470 g/mol. The van der Waals surface area contributed by atoms with Crippen molar-refractivity contribution in [3.05, 3.63) is 29.8 Å². The molecule has 0 saturated carbocycles. The molecule has 1 aliphatic heterocycles. The number of benzene rings is 2. The van der Waals surface area contributed by atoms with E-state index in [2.05, 4.69) is 0 Å². The summed E-state index contributed by atoms with van der Waals surface area (Å²) in [6.07, 6.45) is 0.106. The molecule has 0 unspecified atom stereocenters. The Hall–Kier alpha value is -1.90. The first kappa shape index (κ1) is 23.8. The molecule has 0 fully saturated rings. The van der Waals surface area contributed by atoms with Crippen LogP contribution in [-0.2, 0) is 35.8 Å². The van der Waals surface area contributed by atoms with E-state index in [1.165, 1.54) is 6.07 Å². The molecule has 10 nitrogen and oxygen atoms in total. The Balaban J connectivity index is 2.33. The van der Waals surface area contributed by atoms with Crippen molar-refractivity contribution in [3.63, 3.8) is 0 Å². The molecule has 2 N–H and O–H groups in total. The molecule has 170 valence electrons. The van der Waals surface area contributed by atoms with Crippen LogP contribution in [0.5, 0.6) is 0 Å². The number of nitrogens with zero attached hydrogens (tertiary/aromatic N) is 1. The SMILES string of the molecule is CC1=[N+](CCCS(=O)(=O)O)c2ccc3c(S(=O)(=O)[O-])cc(S(=O)(=O)O)cc3c2C1(C)C. The highest BCUT2D eigenvalue weighted by Gasteiger charge is 2.44. The Morgan fingerprint density at radius 2 is 1.61 bits per heavy atom. The Morgan fingerprint density at radius 3 is 2.13 bits per heavy atom. The lowest BCUT2D eigenvalue weighted by molar-refractivity contribution is -0.438. The average molecular weight is 492 g/mol. The van der Waals surface area contributed by atoms with Gasteiger partial charge in [-0.25, -0.2) is 8.42 Å². The van der Waals surface area contributed by atoms with E-state index in [-0.39, 0.29) is 23.7 Å². The van der Waals surface area contributed by atoms with Gasteiger partial charge >= 0.3 is 0 Å². The van der Waals surface area contributed by atoms with Crippen molar-refractivity contribution in [2.45, 2.75) is 42.4 Å². The number of fused-ring (bicyclic) bond motifs is 3. The van der Waals surface area contributed by atoms with Gasteiger partial charge in [0.1, 0.15) is 16.7 Å². The van der Waals surface area contributed by atoms with Crippen LogP contribution in [0.15, 0.2) is 34.1 Å². The monoisotopic (exact) mass is 491 g/mol. The third-order valence-electron chi connectivity index (χ3n) is 5.63. The van der Waals surface area contributed by atoms with Gasteiger partial charge in [-0.1, -0.05) is 0 Å². The highest BCUT2D eigenvalue weighted by atomic mass is 32.2. The van der Waals surface area contributed by atoms with Crippen LogP contribution in [0, 0.1) is 0 Å². The van der Waals surface area contributed by atoms with Crippen LogP contribution in [-0.4, -0.2) is 61.5 Å². The highest BCUT2D eigenvalue weighted by molar-refractivity contribution is 7.86. The van der Waals surface area contributed by atoms with Gasteiger partial charge in [0.15, 0.2) is 5.71 Å². The predicted octanol–water partition coefficient (Wildman–Crippen LogP) is 1.66. The second-order valence-electron chi connectivity index (χ2n) is 7.91. The first-order valence-corrected chi connectivity index (χ1v) is 13.5. The van der Waals surface area contributed by atoms with Gasteiger partial charge in [0.25, 0.3) is 20.2 Å². The van der Waals surface area contributed by atoms with E-state index in [1.54, 1.807) is 17.6 Å². The number of rotatable bonds is 6. The minimum atomic E-state index is -5.06. The maximum absolute atomic E-state index is 11.8. The van der Waals surface area contributed by atoms with Gasteiger partial charge in [0.05, 0.1) is 21.0 Å². The summed E-state index contributed by atoms with van der Waals surface area (Å²) < 4.78 is 101. The largest absolute Gasteiger partial charge is 0.744 e. The summed E-state index contributed by atoms with van der Waals surface area (Å²) in [6, 6.07) is 4.70. The first-order valence-electron chi connectivity index (χ1n) is 9.06. The lowest BCUT2D eigenvalue weighted by atomic mass is 9.80. The minimum absolute atomic E-state index is 0.0156. The van der Waals surface area contributed by atoms with Crippen molar-refractivity contribution in [3.8, 4) is 0 Å². The fourth-order valence-electron chi connectivity index (χ4n) is 3.99. The predicted molar refractivity (Wildman–Crippen MR) is 111 cm³/mol. The smallest absolute Gasteiger partial charge is 0.294 e. The summed E-state index contributed by atoms with van der Waals surface area (Å²) in [5.41, 5.74) is 1.14. The summed E-state index contributed by atoms with van der Waals surface area (Å²) in [5.74, 6) is -0.453. The fraction of sp³-hybridized carbons (Fsp3) is 0.389. The maximum atomic E-state index is 11.8. The minimum Gasteiger partial charge on any atom is -0.744 e. The standard InChI is InChI=1S/C18H21NO9S3/c1-11-18(2,3)17-14-9-12(30(23,24)25)10-16(31(26,27)28)13(14)5-6-15(17)19(11)7-4-8-29(20,21)22/h5-6,9-10H,4,7-8H2,1-3H3,(H2-,20,21,22,23,24,25,26,27,28). The molecule has 0 atom stereocenters. The van der Waals surface area contributed by atoms with Gasteiger partial charge in [0, 0.05) is 30.4 Å². The molecule has 0 spiro atoms. The molecule has 2 aromatic rings. The zero-order valence-corrected chi connectivity index (χ0v) is 19.3. The number of hydrogen-bond donors (Lipinski definition) is 2. The molecule has 1 heterocycles. The molecular formula is C18H21NO9S3. The van der Waals surface area contributed by atoms with E-state index in [1.807, 2.05) is 13.8 Å². The van der Waals surface area contributed by atoms with Crippen LogP contribution < -0.4 is 0 Å². The third kappa shape index (κ3) is 4.38. The topological polar surface area (TPSA) is 169 Å². The molecule has 31 heavy (non-hydrogen) atoms. The lowest BCUT2D eigenvalue weighted by Gasteiger charge is -2.19. The second kappa shape index (κ2) is 7.32. The van der Waals surface area contributed by atoms with Gasteiger partial charge in [0.2, 0.25) is 5.69 Å². The quantitative estimate of drug-likeness (QED) is 0.451. The van der Waals surface area contributed by atoms with Gasteiger partial charge in [-0.05, 0) is 37.4 Å². The van der Waals surface area contributed by atoms with Crippen LogP contribution in [0.4, 0.5) is 5.69 Å². The Kier molecular flexibility index (Phi) is 5.61. The highest BCUT2D eigenvalue weighted by Crippen LogP contribution is 2.45. The van der Waals surface area contributed by atoms with Crippen molar-refractivity contribution in [2.24, 2.45) is 0 Å². The van der Waals surface area contributed by atoms with Crippen molar-refractivity contribution < 1.29 is 43.5 Å². The second-order valence-corrected chi connectivity index (χ2v) is 12.2. The molecule has 0 bridgehead atoms. The summed E-state index contributed by atoms with van der Waals surface area (Å²) >= 11 is 0. The third-order valence-corrected chi connectivity index (χ3v) is 8.14. The van der Waals surface area contributed by atoms with E-state index >= 15 is 0 Å². The van der Waals surface area contributed by atoms with E-state index in [0.29, 0.717) is 17.3 Å². The molecule has 13 heteroatoms. The Bertz CT molecular complexity index is 1450. The normalized spacial score (nSPS) is 16.7. The molecule has 0 radical (unpaired) electrons. The maximum Gasteiger partial charge on any atom is 0.294 e. The summed E-state index contributed by atoms with van der Waals surface area (Å²) in [7, 11) is -14.0. The lowest BCUT2D eigenvalue weighted by Crippen LogP contribution is -2.27. The van der Waals surface area contributed by atoms with Crippen LogP contribution in [0.2, 0.25) is 0 Å².